The van der Waals surface area contributed by atoms with E-state index in [4.69, 9.17) is 0 Å². The van der Waals surface area contributed by atoms with Crippen LogP contribution in [0.25, 0.3) is 10.9 Å². The molecule has 1 amide bonds. The highest BCUT2D eigenvalue weighted by Gasteiger charge is 2.17. The zero-order valence-corrected chi connectivity index (χ0v) is 10.7. The van der Waals surface area contributed by atoms with Gasteiger partial charge in [0.1, 0.15) is 12.1 Å². The van der Waals surface area contributed by atoms with Crippen molar-refractivity contribution in [2.24, 2.45) is 0 Å². The molecule has 0 spiro atoms. The van der Waals surface area contributed by atoms with Crippen molar-refractivity contribution >= 4 is 22.6 Å². The number of nitrogens with one attached hydrogen (secondary N) is 1. The summed E-state index contributed by atoms with van der Waals surface area (Å²) in [4.78, 5) is 22.3. The summed E-state index contributed by atoms with van der Waals surface area (Å²) >= 11 is 0. The molecule has 1 aliphatic heterocycles. The van der Waals surface area contributed by atoms with Gasteiger partial charge >= 0.3 is 0 Å². The number of para-hydroxylation sites is 1. The third-order valence-corrected chi connectivity index (χ3v) is 3.41. The van der Waals surface area contributed by atoms with E-state index in [1.165, 1.54) is 6.33 Å². The average Bonchev–Trinajstić information content (AvgIpc) is 2.99. The van der Waals surface area contributed by atoms with Crippen molar-refractivity contribution in [3.8, 4) is 0 Å². The number of anilines is 1. The second-order valence-electron chi connectivity index (χ2n) is 4.68. The zero-order valence-electron chi connectivity index (χ0n) is 10.7. The number of rotatable bonds is 3. The van der Waals surface area contributed by atoms with E-state index >= 15 is 0 Å². The largest absolute Gasteiger partial charge is 0.360 e. The Bertz CT molecular complexity index is 588. The molecule has 1 fully saturated rings. The maximum atomic E-state index is 12.0. The third-order valence-electron chi connectivity index (χ3n) is 3.41. The number of fused-ring (bicyclic) bond motifs is 1. The van der Waals surface area contributed by atoms with Gasteiger partial charge in [0.05, 0.1) is 12.1 Å². The fourth-order valence-corrected chi connectivity index (χ4v) is 2.38. The Balaban J connectivity index is 1.73. The molecule has 1 aromatic carbocycles. The SMILES string of the molecule is O=C(CNc1ncnc2ccccc12)N1CCCC1. The number of hydrogen-bond acceptors (Lipinski definition) is 4. The van der Waals surface area contributed by atoms with Gasteiger partial charge in [-0.3, -0.25) is 4.79 Å². The minimum Gasteiger partial charge on any atom is -0.360 e. The van der Waals surface area contributed by atoms with Crippen LogP contribution < -0.4 is 5.32 Å². The number of aromatic nitrogens is 2. The van der Waals surface area contributed by atoms with Gasteiger partial charge in [0, 0.05) is 18.5 Å². The van der Waals surface area contributed by atoms with Crippen molar-refractivity contribution in [2.75, 3.05) is 25.0 Å². The summed E-state index contributed by atoms with van der Waals surface area (Å²) in [6, 6.07) is 7.77. The molecule has 3 rings (SSSR count). The number of nitrogens with zero attached hydrogens (tertiary/aromatic N) is 3. The van der Waals surface area contributed by atoms with Gasteiger partial charge in [-0.15, -0.1) is 0 Å². The predicted molar refractivity (Wildman–Crippen MR) is 73.8 cm³/mol. The van der Waals surface area contributed by atoms with Gasteiger partial charge in [0.15, 0.2) is 0 Å². The van der Waals surface area contributed by atoms with Crippen molar-refractivity contribution in [1.82, 2.24) is 14.9 Å². The van der Waals surface area contributed by atoms with Crippen molar-refractivity contribution in [2.45, 2.75) is 12.8 Å². The van der Waals surface area contributed by atoms with Crippen LogP contribution >= 0.6 is 0 Å². The lowest BCUT2D eigenvalue weighted by atomic mass is 10.2. The topological polar surface area (TPSA) is 58.1 Å². The molecule has 2 heterocycles. The Kier molecular flexibility index (Phi) is 3.27. The second-order valence-corrected chi connectivity index (χ2v) is 4.68. The standard InChI is InChI=1S/C14H16N4O/c19-13(18-7-3-4-8-18)9-15-14-11-5-1-2-6-12(11)16-10-17-14/h1-2,5-6,10H,3-4,7-9H2,(H,15,16,17). The Labute approximate surface area is 111 Å². The number of likely N-dealkylation sites (tertiary alicyclic amines) is 1. The van der Waals surface area contributed by atoms with Crippen LogP contribution in [0.4, 0.5) is 5.82 Å². The van der Waals surface area contributed by atoms with E-state index in [1.807, 2.05) is 29.2 Å². The van der Waals surface area contributed by atoms with Crippen molar-refractivity contribution in [3.63, 3.8) is 0 Å². The molecule has 0 saturated carbocycles. The Morgan fingerprint density at radius 1 is 1.21 bits per heavy atom. The normalized spacial score (nSPS) is 14.8. The van der Waals surface area contributed by atoms with Crippen LogP contribution in [0.3, 0.4) is 0 Å². The first-order chi connectivity index (χ1) is 9.34. The Morgan fingerprint density at radius 3 is 2.84 bits per heavy atom. The highest BCUT2D eigenvalue weighted by atomic mass is 16.2. The summed E-state index contributed by atoms with van der Waals surface area (Å²) in [5, 5.41) is 4.07. The first kappa shape index (κ1) is 11.9. The number of benzene rings is 1. The summed E-state index contributed by atoms with van der Waals surface area (Å²) in [5.74, 6) is 0.860. The summed E-state index contributed by atoms with van der Waals surface area (Å²) in [6.07, 6.45) is 3.75. The molecule has 5 heteroatoms. The smallest absolute Gasteiger partial charge is 0.241 e. The van der Waals surface area contributed by atoms with Crippen molar-refractivity contribution in [1.29, 1.82) is 0 Å². The Morgan fingerprint density at radius 2 is 2.00 bits per heavy atom. The van der Waals surface area contributed by atoms with Crippen LogP contribution in [0.1, 0.15) is 12.8 Å². The lowest BCUT2D eigenvalue weighted by molar-refractivity contribution is -0.128. The third kappa shape index (κ3) is 2.50. The first-order valence-electron chi connectivity index (χ1n) is 6.56. The lowest BCUT2D eigenvalue weighted by Crippen LogP contribution is -2.33. The molecule has 0 unspecified atom stereocenters. The van der Waals surface area contributed by atoms with Gasteiger partial charge in [-0.05, 0) is 25.0 Å². The van der Waals surface area contributed by atoms with E-state index in [9.17, 15) is 4.79 Å². The van der Waals surface area contributed by atoms with Crippen molar-refractivity contribution < 1.29 is 4.79 Å². The summed E-state index contributed by atoms with van der Waals surface area (Å²) in [5.41, 5.74) is 0.883. The number of carbonyl (C=O) groups excluding carboxylic acids is 1. The molecule has 98 valence electrons. The van der Waals surface area contributed by atoms with Crippen LogP contribution in [0, 0.1) is 0 Å². The van der Waals surface area contributed by atoms with Gasteiger partial charge in [-0.25, -0.2) is 9.97 Å². The number of amides is 1. The Hall–Kier alpha value is -2.17. The fraction of sp³-hybridized carbons (Fsp3) is 0.357. The van der Waals surface area contributed by atoms with E-state index in [2.05, 4.69) is 15.3 Å². The first-order valence-corrected chi connectivity index (χ1v) is 6.56. The van der Waals surface area contributed by atoms with Crippen LogP contribution in [-0.2, 0) is 4.79 Å². The summed E-state index contributed by atoms with van der Waals surface area (Å²) < 4.78 is 0. The number of hydrogen-bond donors (Lipinski definition) is 1. The van der Waals surface area contributed by atoms with Gasteiger partial charge in [-0.2, -0.15) is 0 Å². The molecule has 1 aliphatic rings. The van der Waals surface area contributed by atoms with Gasteiger partial charge in [0.25, 0.3) is 0 Å². The quantitative estimate of drug-likeness (QED) is 0.907. The van der Waals surface area contributed by atoms with Crippen LogP contribution in [0.5, 0.6) is 0 Å². The molecular weight excluding hydrogens is 240 g/mol. The molecule has 1 saturated heterocycles. The maximum Gasteiger partial charge on any atom is 0.241 e. The van der Waals surface area contributed by atoms with Gasteiger partial charge in [-0.1, -0.05) is 12.1 Å². The molecule has 2 aromatic rings. The lowest BCUT2D eigenvalue weighted by Gasteiger charge is -2.16. The maximum absolute atomic E-state index is 12.0. The molecule has 1 aromatic heterocycles. The molecule has 0 atom stereocenters. The number of carbonyl (C=O) groups is 1. The molecule has 19 heavy (non-hydrogen) atoms. The molecule has 0 aliphatic carbocycles. The van der Waals surface area contributed by atoms with E-state index < -0.39 is 0 Å². The molecule has 0 radical (unpaired) electrons. The van der Waals surface area contributed by atoms with E-state index in [1.54, 1.807) is 0 Å². The predicted octanol–water partition coefficient (Wildman–Crippen LogP) is 1.66. The summed E-state index contributed by atoms with van der Waals surface area (Å²) in [7, 11) is 0. The van der Waals surface area contributed by atoms with E-state index in [-0.39, 0.29) is 5.91 Å². The molecule has 1 N–H and O–H groups in total. The van der Waals surface area contributed by atoms with Gasteiger partial charge in [0.2, 0.25) is 5.91 Å². The molecule has 0 bridgehead atoms. The molecular formula is C14H16N4O. The average molecular weight is 256 g/mol. The van der Waals surface area contributed by atoms with E-state index in [0.29, 0.717) is 6.54 Å². The fourth-order valence-electron chi connectivity index (χ4n) is 2.38. The van der Waals surface area contributed by atoms with Crippen LogP contribution in [-0.4, -0.2) is 40.4 Å². The van der Waals surface area contributed by atoms with Crippen LogP contribution in [0.15, 0.2) is 30.6 Å². The molecule has 5 nitrogen and oxygen atoms in total. The van der Waals surface area contributed by atoms with Crippen LogP contribution in [0.2, 0.25) is 0 Å². The van der Waals surface area contributed by atoms with Gasteiger partial charge < -0.3 is 10.2 Å². The zero-order chi connectivity index (χ0) is 13.1. The highest BCUT2D eigenvalue weighted by Crippen LogP contribution is 2.18. The second kappa shape index (κ2) is 5.22. The van der Waals surface area contributed by atoms with E-state index in [0.717, 1.165) is 42.7 Å². The van der Waals surface area contributed by atoms with Crippen molar-refractivity contribution in [3.05, 3.63) is 30.6 Å². The highest BCUT2D eigenvalue weighted by molar-refractivity contribution is 5.90. The summed E-state index contributed by atoms with van der Waals surface area (Å²) in [6.45, 7) is 2.05. The minimum atomic E-state index is 0.139. The monoisotopic (exact) mass is 256 g/mol. The minimum absolute atomic E-state index is 0.139.